The third-order valence-corrected chi connectivity index (χ3v) is 5.70. The minimum atomic E-state index is 0.284. The number of hydrogen-bond acceptors (Lipinski definition) is 2. The van der Waals surface area contributed by atoms with Crippen LogP contribution in [0.4, 0.5) is 0 Å². The molecule has 1 N–H and O–H groups in total. The van der Waals surface area contributed by atoms with E-state index in [-0.39, 0.29) is 5.91 Å². The van der Waals surface area contributed by atoms with E-state index in [1.807, 2.05) is 12.3 Å². The fourth-order valence-electron chi connectivity index (χ4n) is 3.57. The molecule has 1 saturated heterocycles. The van der Waals surface area contributed by atoms with Crippen LogP contribution in [0.2, 0.25) is 0 Å². The van der Waals surface area contributed by atoms with Gasteiger partial charge in [-0.05, 0) is 42.3 Å². The third-order valence-electron chi connectivity index (χ3n) is 4.73. The van der Waals surface area contributed by atoms with Gasteiger partial charge in [0, 0.05) is 34.9 Å². The first kappa shape index (κ1) is 14.5. The fraction of sp³-hybridized carbons (Fsp3) is 0.316. The number of amides is 1. The third kappa shape index (κ3) is 2.79. The molecule has 1 aliphatic heterocycles. The second-order valence-electron chi connectivity index (χ2n) is 6.12. The summed E-state index contributed by atoms with van der Waals surface area (Å²) in [5.41, 5.74) is 2.38. The van der Waals surface area contributed by atoms with Gasteiger partial charge in [0.1, 0.15) is 0 Å². The monoisotopic (exact) mass is 324 g/mol. The lowest BCUT2D eigenvalue weighted by Crippen LogP contribution is -2.30. The van der Waals surface area contributed by atoms with E-state index in [1.54, 1.807) is 11.3 Å². The minimum absolute atomic E-state index is 0.284. The first-order valence-electron chi connectivity index (χ1n) is 8.21. The lowest BCUT2D eigenvalue weighted by molar-refractivity contribution is -0.132. The van der Waals surface area contributed by atoms with E-state index in [2.05, 4.69) is 45.6 Å². The number of aromatic nitrogens is 1. The van der Waals surface area contributed by atoms with Crippen LogP contribution in [0.5, 0.6) is 0 Å². The number of nitrogens with zero attached hydrogens (tertiary/aromatic N) is 1. The van der Waals surface area contributed by atoms with Gasteiger partial charge in [-0.2, -0.15) is 0 Å². The highest BCUT2D eigenvalue weighted by Gasteiger charge is 2.30. The molecular weight excluding hydrogens is 304 g/mol. The van der Waals surface area contributed by atoms with E-state index < -0.39 is 0 Å². The van der Waals surface area contributed by atoms with Gasteiger partial charge in [-0.25, -0.2) is 0 Å². The number of para-hydroxylation sites is 1. The average Bonchev–Trinajstić information content (AvgIpc) is 3.31. The van der Waals surface area contributed by atoms with Gasteiger partial charge in [0.15, 0.2) is 0 Å². The molecule has 1 fully saturated rings. The Morgan fingerprint density at radius 2 is 2.17 bits per heavy atom. The first-order chi connectivity index (χ1) is 11.3. The number of H-pyrrole nitrogens is 1. The molecule has 1 aromatic carbocycles. The highest BCUT2D eigenvalue weighted by atomic mass is 32.1. The summed E-state index contributed by atoms with van der Waals surface area (Å²) < 4.78 is 0. The molecule has 0 aliphatic carbocycles. The summed E-state index contributed by atoms with van der Waals surface area (Å²) in [5, 5.41) is 3.33. The molecule has 2 aromatic heterocycles. The van der Waals surface area contributed by atoms with Crippen molar-refractivity contribution in [2.75, 3.05) is 6.54 Å². The Bertz CT molecular complexity index is 806. The fourth-order valence-corrected chi connectivity index (χ4v) is 4.44. The van der Waals surface area contributed by atoms with Gasteiger partial charge in [-0.1, -0.05) is 24.3 Å². The smallest absolute Gasteiger partial charge is 0.223 e. The average molecular weight is 324 g/mol. The molecule has 1 aliphatic rings. The lowest BCUT2D eigenvalue weighted by Gasteiger charge is -2.24. The maximum atomic E-state index is 12.7. The Morgan fingerprint density at radius 3 is 3.04 bits per heavy atom. The summed E-state index contributed by atoms with van der Waals surface area (Å²) in [5.74, 6) is 0.284. The zero-order chi connectivity index (χ0) is 15.6. The Hall–Kier alpha value is -2.07. The number of thiophene rings is 1. The maximum absolute atomic E-state index is 12.7. The quantitative estimate of drug-likeness (QED) is 0.752. The summed E-state index contributed by atoms with van der Waals surface area (Å²) in [7, 11) is 0. The van der Waals surface area contributed by atoms with E-state index >= 15 is 0 Å². The molecule has 0 saturated carbocycles. The number of aryl methyl sites for hydroxylation is 1. The Kier molecular flexibility index (Phi) is 3.92. The molecule has 23 heavy (non-hydrogen) atoms. The van der Waals surface area contributed by atoms with Gasteiger partial charge in [0.2, 0.25) is 5.91 Å². The van der Waals surface area contributed by atoms with Crippen molar-refractivity contribution in [3.8, 4) is 0 Å². The topological polar surface area (TPSA) is 36.1 Å². The number of aromatic amines is 1. The Morgan fingerprint density at radius 1 is 1.26 bits per heavy atom. The van der Waals surface area contributed by atoms with Crippen molar-refractivity contribution in [3.63, 3.8) is 0 Å². The predicted molar refractivity (Wildman–Crippen MR) is 94.6 cm³/mol. The number of carbonyl (C=O) groups is 1. The molecule has 4 heteroatoms. The molecule has 118 valence electrons. The predicted octanol–water partition coefficient (Wildman–Crippen LogP) is 4.53. The van der Waals surface area contributed by atoms with E-state index in [0.717, 1.165) is 31.3 Å². The normalized spacial score (nSPS) is 17.9. The lowest BCUT2D eigenvalue weighted by atomic mass is 10.1. The van der Waals surface area contributed by atoms with Crippen LogP contribution in [0.1, 0.15) is 35.7 Å². The van der Waals surface area contributed by atoms with Crippen molar-refractivity contribution >= 4 is 28.1 Å². The second-order valence-corrected chi connectivity index (χ2v) is 7.10. The zero-order valence-electron chi connectivity index (χ0n) is 13.0. The molecule has 4 rings (SSSR count). The zero-order valence-corrected chi connectivity index (χ0v) is 13.8. The molecule has 0 bridgehead atoms. The highest BCUT2D eigenvalue weighted by molar-refractivity contribution is 7.10. The van der Waals surface area contributed by atoms with E-state index in [4.69, 9.17) is 0 Å². The van der Waals surface area contributed by atoms with Crippen LogP contribution < -0.4 is 0 Å². The van der Waals surface area contributed by atoms with Crippen LogP contribution in [0, 0.1) is 0 Å². The Balaban J connectivity index is 1.45. The summed E-state index contributed by atoms with van der Waals surface area (Å²) >= 11 is 1.76. The number of carbonyl (C=O) groups excluding carboxylic acids is 1. The summed E-state index contributed by atoms with van der Waals surface area (Å²) in [6, 6.07) is 12.8. The molecule has 0 unspecified atom stereocenters. The van der Waals surface area contributed by atoms with Gasteiger partial charge in [-0.15, -0.1) is 11.3 Å². The van der Waals surface area contributed by atoms with Gasteiger partial charge >= 0.3 is 0 Å². The minimum Gasteiger partial charge on any atom is -0.361 e. The molecule has 0 spiro atoms. The summed E-state index contributed by atoms with van der Waals surface area (Å²) in [6.45, 7) is 0.898. The number of benzene rings is 1. The van der Waals surface area contributed by atoms with Crippen LogP contribution in [0.15, 0.2) is 48.0 Å². The van der Waals surface area contributed by atoms with Gasteiger partial charge in [0.25, 0.3) is 0 Å². The van der Waals surface area contributed by atoms with E-state index in [9.17, 15) is 4.79 Å². The highest BCUT2D eigenvalue weighted by Crippen LogP contribution is 2.35. The van der Waals surface area contributed by atoms with Crippen molar-refractivity contribution in [1.29, 1.82) is 0 Å². The number of nitrogens with one attached hydrogen (secondary N) is 1. The van der Waals surface area contributed by atoms with Crippen molar-refractivity contribution in [2.45, 2.75) is 31.7 Å². The molecule has 3 nitrogen and oxygen atoms in total. The van der Waals surface area contributed by atoms with Crippen molar-refractivity contribution < 1.29 is 4.79 Å². The van der Waals surface area contributed by atoms with Gasteiger partial charge in [-0.3, -0.25) is 4.79 Å². The van der Waals surface area contributed by atoms with Crippen LogP contribution in [-0.2, 0) is 11.2 Å². The molecular formula is C19H20N2OS. The van der Waals surface area contributed by atoms with Gasteiger partial charge in [0.05, 0.1) is 6.04 Å². The number of hydrogen-bond donors (Lipinski definition) is 1. The van der Waals surface area contributed by atoms with Crippen molar-refractivity contribution in [1.82, 2.24) is 9.88 Å². The molecule has 0 radical (unpaired) electrons. The molecule has 3 heterocycles. The van der Waals surface area contributed by atoms with E-state index in [1.165, 1.54) is 15.8 Å². The summed E-state index contributed by atoms with van der Waals surface area (Å²) in [4.78, 5) is 19.4. The largest absolute Gasteiger partial charge is 0.361 e. The van der Waals surface area contributed by atoms with Crippen LogP contribution in [0.3, 0.4) is 0 Å². The number of fused-ring (bicyclic) bond motifs is 1. The Labute approximate surface area is 139 Å². The van der Waals surface area contributed by atoms with Crippen molar-refractivity contribution in [3.05, 3.63) is 58.4 Å². The van der Waals surface area contributed by atoms with Crippen molar-refractivity contribution in [2.24, 2.45) is 0 Å². The first-order valence-corrected chi connectivity index (χ1v) is 9.09. The number of rotatable bonds is 4. The molecule has 1 atom stereocenters. The molecule has 1 amide bonds. The van der Waals surface area contributed by atoms with E-state index in [0.29, 0.717) is 12.5 Å². The number of likely N-dealkylation sites (tertiary alicyclic amines) is 1. The van der Waals surface area contributed by atoms with Crippen LogP contribution >= 0.6 is 11.3 Å². The molecule has 3 aromatic rings. The second kappa shape index (κ2) is 6.20. The summed E-state index contributed by atoms with van der Waals surface area (Å²) in [6.07, 6.45) is 5.64. The van der Waals surface area contributed by atoms with Gasteiger partial charge < -0.3 is 9.88 Å². The van der Waals surface area contributed by atoms with Crippen LogP contribution in [0.25, 0.3) is 10.9 Å². The van der Waals surface area contributed by atoms with Crippen LogP contribution in [-0.4, -0.2) is 22.3 Å². The SMILES string of the molecule is O=C(CCc1c[nH]c2ccccc12)N1CCC[C@H]1c1cccs1. The standard InChI is InChI=1S/C19H20N2OS/c22-19(21-11-3-7-17(21)18-8-4-12-23-18)10-9-14-13-20-16-6-2-1-5-15(14)16/h1-2,4-6,8,12-13,17,20H,3,7,9-11H2/t17-/m0/s1. The maximum Gasteiger partial charge on any atom is 0.223 e.